The number of benzene rings is 1. The normalized spacial score (nSPS) is 10.2. The van der Waals surface area contributed by atoms with Crippen molar-refractivity contribution >= 4 is 0 Å². The summed E-state index contributed by atoms with van der Waals surface area (Å²) in [7, 11) is 0. The molecule has 0 radical (unpaired) electrons. The lowest BCUT2D eigenvalue weighted by atomic mass is 10.0. The maximum Gasteiger partial charge on any atom is 0.0274 e. The summed E-state index contributed by atoms with van der Waals surface area (Å²) in [5.41, 5.74) is 1.41. The molecule has 1 nitrogen and oxygen atoms in total. The van der Waals surface area contributed by atoms with Crippen molar-refractivity contribution in [3.05, 3.63) is 60.4 Å². The molecule has 0 N–H and O–H groups in total. The number of aromatic nitrogens is 1. The van der Waals surface area contributed by atoms with Gasteiger partial charge in [0.15, 0.2) is 0 Å². The zero-order valence-electron chi connectivity index (χ0n) is 11.3. The average molecular weight is 229 g/mol. The van der Waals surface area contributed by atoms with Crippen LogP contribution in [0, 0.1) is 0 Å². The standard InChI is InChI=1S/C9H12.C7H11N/c1-8(2)9-6-4-3-5-7-9;1-7(2)8-5-3-4-6-8/h3-8H,1-2H3;3-7H,1-2H3. The molecule has 0 saturated heterocycles. The second-order valence-corrected chi connectivity index (χ2v) is 4.79. The number of hydrogen-bond donors (Lipinski definition) is 0. The fourth-order valence-corrected chi connectivity index (χ4v) is 1.53. The largest absolute Gasteiger partial charge is 0.352 e. The van der Waals surface area contributed by atoms with Crippen LogP contribution in [0.15, 0.2) is 54.9 Å². The minimum absolute atomic E-state index is 0.602. The molecule has 0 fully saturated rings. The lowest BCUT2D eigenvalue weighted by molar-refractivity contribution is 0.604. The van der Waals surface area contributed by atoms with Gasteiger partial charge in [-0.15, -0.1) is 0 Å². The third-order valence-corrected chi connectivity index (χ3v) is 2.69. The number of hydrogen-bond acceptors (Lipinski definition) is 0. The van der Waals surface area contributed by atoms with Crippen LogP contribution in [0.3, 0.4) is 0 Å². The van der Waals surface area contributed by atoms with E-state index < -0.39 is 0 Å². The summed E-state index contributed by atoms with van der Waals surface area (Å²) in [6.07, 6.45) is 4.15. The van der Waals surface area contributed by atoms with Crippen molar-refractivity contribution in [3.8, 4) is 0 Å². The molecule has 1 aromatic heterocycles. The minimum atomic E-state index is 0.602. The Bertz CT molecular complexity index is 385. The second-order valence-electron chi connectivity index (χ2n) is 4.79. The van der Waals surface area contributed by atoms with E-state index in [0.29, 0.717) is 12.0 Å². The highest BCUT2D eigenvalue weighted by Crippen LogP contribution is 2.11. The van der Waals surface area contributed by atoms with Gasteiger partial charge in [-0.3, -0.25) is 0 Å². The molecular weight excluding hydrogens is 206 g/mol. The molecule has 92 valence electrons. The fraction of sp³-hybridized carbons (Fsp3) is 0.375. The molecule has 0 amide bonds. The molecule has 17 heavy (non-hydrogen) atoms. The molecule has 2 aromatic rings. The predicted octanol–water partition coefficient (Wildman–Crippen LogP) is 4.88. The first-order valence-electron chi connectivity index (χ1n) is 6.28. The fourth-order valence-electron chi connectivity index (χ4n) is 1.53. The average Bonchev–Trinajstić information content (AvgIpc) is 2.84. The first kappa shape index (κ1) is 13.6. The Morgan fingerprint density at radius 2 is 1.29 bits per heavy atom. The second kappa shape index (κ2) is 6.95. The minimum Gasteiger partial charge on any atom is -0.352 e. The van der Waals surface area contributed by atoms with Crippen molar-refractivity contribution in [2.75, 3.05) is 0 Å². The van der Waals surface area contributed by atoms with Gasteiger partial charge >= 0.3 is 0 Å². The van der Waals surface area contributed by atoms with Crippen LogP contribution in [0.2, 0.25) is 0 Å². The molecule has 0 aliphatic rings. The molecule has 0 saturated carbocycles. The van der Waals surface area contributed by atoms with Crippen molar-refractivity contribution in [2.45, 2.75) is 39.7 Å². The van der Waals surface area contributed by atoms with Crippen LogP contribution in [0.5, 0.6) is 0 Å². The molecule has 0 spiro atoms. The van der Waals surface area contributed by atoms with Crippen LogP contribution in [-0.4, -0.2) is 4.57 Å². The van der Waals surface area contributed by atoms with E-state index >= 15 is 0 Å². The molecule has 0 aliphatic carbocycles. The smallest absolute Gasteiger partial charge is 0.0274 e. The van der Waals surface area contributed by atoms with E-state index in [2.05, 4.69) is 68.9 Å². The number of nitrogens with zero attached hydrogens (tertiary/aromatic N) is 1. The predicted molar refractivity (Wildman–Crippen MR) is 75.3 cm³/mol. The van der Waals surface area contributed by atoms with Gasteiger partial charge in [0.1, 0.15) is 0 Å². The molecule has 0 unspecified atom stereocenters. The lowest BCUT2D eigenvalue weighted by Gasteiger charge is -2.03. The summed E-state index contributed by atoms with van der Waals surface area (Å²) in [6, 6.07) is 15.2. The monoisotopic (exact) mass is 229 g/mol. The van der Waals surface area contributed by atoms with Crippen LogP contribution < -0.4 is 0 Å². The summed E-state index contributed by atoms with van der Waals surface area (Å²) >= 11 is 0. The Hall–Kier alpha value is -1.50. The maximum atomic E-state index is 2.20. The molecule has 1 heteroatoms. The van der Waals surface area contributed by atoms with Crippen LogP contribution in [0.1, 0.15) is 45.2 Å². The lowest BCUT2D eigenvalue weighted by Crippen LogP contribution is -1.94. The maximum absolute atomic E-state index is 2.20. The summed E-state index contributed by atoms with van der Waals surface area (Å²) in [5.74, 6) is 0.659. The van der Waals surface area contributed by atoms with Gasteiger partial charge in [-0.05, 0) is 37.5 Å². The highest BCUT2D eigenvalue weighted by atomic mass is 15.0. The number of rotatable bonds is 2. The van der Waals surface area contributed by atoms with E-state index in [9.17, 15) is 0 Å². The van der Waals surface area contributed by atoms with Crippen molar-refractivity contribution in [3.63, 3.8) is 0 Å². The molecular formula is C16H23N. The Morgan fingerprint density at radius 1 is 0.765 bits per heavy atom. The highest BCUT2D eigenvalue weighted by molar-refractivity contribution is 5.17. The van der Waals surface area contributed by atoms with Crippen molar-refractivity contribution in [1.82, 2.24) is 4.57 Å². The van der Waals surface area contributed by atoms with Crippen LogP contribution in [0.25, 0.3) is 0 Å². The van der Waals surface area contributed by atoms with Crippen LogP contribution >= 0.6 is 0 Å². The van der Waals surface area contributed by atoms with E-state index in [-0.39, 0.29) is 0 Å². The third-order valence-electron chi connectivity index (χ3n) is 2.69. The molecule has 2 rings (SSSR count). The van der Waals surface area contributed by atoms with E-state index in [4.69, 9.17) is 0 Å². The zero-order valence-corrected chi connectivity index (χ0v) is 11.3. The van der Waals surface area contributed by atoms with Crippen molar-refractivity contribution in [2.24, 2.45) is 0 Å². The van der Waals surface area contributed by atoms with Gasteiger partial charge in [-0.1, -0.05) is 44.2 Å². The van der Waals surface area contributed by atoms with Gasteiger partial charge in [0.05, 0.1) is 0 Å². The summed E-state index contributed by atoms with van der Waals surface area (Å²) in [4.78, 5) is 0. The van der Waals surface area contributed by atoms with E-state index in [1.165, 1.54) is 5.56 Å². The third kappa shape index (κ3) is 4.90. The molecule has 0 atom stereocenters. The van der Waals surface area contributed by atoms with Gasteiger partial charge in [-0.25, -0.2) is 0 Å². The summed E-state index contributed by atoms with van der Waals surface area (Å²) in [6.45, 7) is 8.74. The van der Waals surface area contributed by atoms with Crippen molar-refractivity contribution in [1.29, 1.82) is 0 Å². The first-order chi connectivity index (χ1) is 8.11. The van der Waals surface area contributed by atoms with E-state index in [1.807, 2.05) is 18.2 Å². The van der Waals surface area contributed by atoms with E-state index in [1.54, 1.807) is 0 Å². The van der Waals surface area contributed by atoms with Crippen molar-refractivity contribution < 1.29 is 0 Å². The molecule has 1 heterocycles. The van der Waals surface area contributed by atoms with Gasteiger partial charge in [0.2, 0.25) is 0 Å². The zero-order chi connectivity index (χ0) is 12.7. The van der Waals surface area contributed by atoms with Gasteiger partial charge in [-0.2, -0.15) is 0 Å². The Kier molecular flexibility index (Phi) is 5.55. The Balaban J connectivity index is 0.000000171. The molecule has 0 aliphatic heterocycles. The molecule has 1 aromatic carbocycles. The SMILES string of the molecule is CC(C)c1ccccc1.CC(C)n1cccc1. The van der Waals surface area contributed by atoms with Gasteiger partial charge in [0.25, 0.3) is 0 Å². The summed E-state index contributed by atoms with van der Waals surface area (Å²) < 4.78 is 2.17. The van der Waals surface area contributed by atoms with E-state index in [0.717, 1.165) is 0 Å². The topological polar surface area (TPSA) is 4.93 Å². The first-order valence-corrected chi connectivity index (χ1v) is 6.28. The summed E-state index contributed by atoms with van der Waals surface area (Å²) in [5, 5.41) is 0. The van der Waals surface area contributed by atoms with Gasteiger partial charge < -0.3 is 4.57 Å². The Morgan fingerprint density at radius 3 is 1.59 bits per heavy atom. The quantitative estimate of drug-likeness (QED) is 0.691. The van der Waals surface area contributed by atoms with Gasteiger partial charge in [0, 0.05) is 18.4 Å². The van der Waals surface area contributed by atoms with Crippen LogP contribution in [-0.2, 0) is 0 Å². The Labute approximate surface area is 105 Å². The molecule has 0 bridgehead atoms. The van der Waals surface area contributed by atoms with Crippen LogP contribution in [0.4, 0.5) is 0 Å². The highest BCUT2D eigenvalue weighted by Gasteiger charge is 1.93.